The van der Waals surface area contributed by atoms with Gasteiger partial charge in [-0.1, -0.05) is 30.3 Å². The largest absolute Gasteiger partial charge is 0.316 e. The molecule has 3 fully saturated rings. The lowest BCUT2D eigenvalue weighted by Crippen LogP contribution is -2.57. The van der Waals surface area contributed by atoms with Gasteiger partial charge in [-0.3, -0.25) is 0 Å². The molecule has 1 aromatic rings. The molecule has 3 aliphatic rings. The Labute approximate surface area is 79.2 Å². The first-order chi connectivity index (χ1) is 6.39. The Morgan fingerprint density at radius 3 is 2.54 bits per heavy atom. The molecule has 0 unspecified atom stereocenters. The van der Waals surface area contributed by atoms with Gasteiger partial charge in [-0.2, -0.15) is 0 Å². The molecule has 2 bridgehead atoms. The summed E-state index contributed by atoms with van der Waals surface area (Å²) in [7, 11) is 0. The second-order valence-corrected chi connectivity index (χ2v) is 4.55. The fraction of sp³-hybridized carbons (Fsp3) is 0.500. The standard InChI is InChI=1S/C12H15N/c1-2-4-11(5-3-1)12-6-10(7-12)8-13-9-12/h1-5,10,13H,6-9H2. The molecule has 1 aromatic carbocycles. The molecule has 2 heterocycles. The van der Waals surface area contributed by atoms with Crippen molar-refractivity contribution in [2.45, 2.75) is 18.3 Å². The molecule has 68 valence electrons. The van der Waals surface area contributed by atoms with Crippen LogP contribution in [-0.2, 0) is 5.41 Å². The van der Waals surface area contributed by atoms with Crippen LogP contribution in [0, 0.1) is 5.92 Å². The van der Waals surface area contributed by atoms with Crippen molar-refractivity contribution in [3.63, 3.8) is 0 Å². The zero-order valence-corrected chi connectivity index (χ0v) is 7.79. The average molecular weight is 173 g/mol. The number of piperidine rings is 2. The number of rotatable bonds is 1. The third kappa shape index (κ3) is 1.03. The van der Waals surface area contributed by atoms with Crippen molar-refractivity contribution in [3.05, 3.63) is 35.9 Å². The predicted molar refractivity (Wildman–Crippen MR) is 53.7 cm³/mol. The molecule has 0 spiro atoms. The van der Waals surface area contributed by atoms with Gasteiger partial charge in [0.1, 0.15) is 0 Å². The van der Waals surface area contributed by atoms with Gasteiger partial charge in [0.15, 0.2) is 0 Å². The molecule has 0 amide bonds. The van der Waals surface area contributed by atoms with E-state index in [1.807, 2.05) is 0 Å². The average Bonchev–Trinajstić information content (AvgIpc) is 2.19. The summed E-state index contributed by atoms with van der Waals surface area (Å²) in [6.07, 6.45) is 2.81. The van der Waals surface area contributed by atoms with Gasteiger partial charge in [0, 0.05) is 12.0 Å². The lowest BCUT2D eigenvalue weighted by Gasteiger charge is -2.53. The highest BCUT2D eigenvalue weighted by Crippen LogP contribution is 2.49. The second-order valence-electron chi connectivity index (χ2n) is 4.55. The van der Waals surface area contributed by atoms with Crippen LogP contribution in [0.4, 0.5) is 0 Å². The van der Waals surface area contributed by atoms with E-state index in [1.54, 1.807) is 5.56 Å². The maximum atomic E-state index is 3.52. The van der Waals surface area contributed by atoms with Crippen molar-refractivity contribution >= 4 is 0 Å². The van der Waals surface area contributed by atoms with Gasteiger partial charge in [-0.15, -0.1) is 0 Å². The quantitative estimate of drug-likeness (QED) is 0.684. The minimum absolute atomic E-state index is 0.504. The molecule has 0 radical (unpaired) electrons. The molecule has 2 saturated heterocycles. The lowest BCUT2D eigenvalue weighted by molar-refractivity contribution is 0.0901. The van der Waals surface area contributed by atoms with Crippen LogP contribution in [0.2, 0.25) is 0 Å². The van der Waals surface area contributed by atoms with E-state index < -0.39 is 0 Å². The van der Waals surface area contributed by atoms with Crippen LogP contribution < -0.4 is 5.32 Å². The molecule has 1 saturated carbocycles. The van der Waals surface area contributed by atoms with Crippen molar-refractivity contribution in [3.8, 4) is 0 Å². The van der Waals surface area contributed by atoms with E-state index in [4.69, 9.17) is 0 Å². The van der Waals surface area contributed by atoms with Crippen molar-refractivity contribution in [2.24, 2.45) is 5.92 Å². The van der Waals surface area contributed by atoms with Crippen molar-refractivity contribution < 1.29 is 0 Å². The van der Waals surface area contributed by atoms with E-state index in [0.29, 0.717) is 5.41 Å². The number of benzene rings is 1. The smallest absolute Gasteiger partial charge is 0.00840 e. The van der Waals surface area contributed by atoms with Crippen LogP contribution in [0.15, 0.2) is 30.3 Å². The first kappa shape index (κ1) is 7.57. The summed E-state index contributed by atoms with van der Waals surface area (Å²) < 4.78 is 0. The van der Waals surface area contributed by atoms with Crippen molar-refractivity contribution in [1.82, 2.24) is 5.32 Å². The summed E-state index contributed by atoms with van der Waals surface area (Å²) in [6.45, 7) is 2.43. The highest BCUT2D eigenvalue weighted by Gasteiger charge is 2.47. The SMILES string of the molecule is c1ccc(C23CNCC(C2)C3)cc1. The summed E-state index contributed by atoms with van der Waals surface area (Å²) >= 11 is 0. The number of nitrogens with one attached hydrogen (secondary N) is 1. The van der Waals surface area contributed by atoms with Crippen LogP contribution in [0.25, 0.3) is 0 Å². The van der Waals surface area contributed by atoms with Crippen molar-refractivity contribution in [2.75, 3.05) is 13.1 Å². The van der Waals surface area contributed by atoms with Gasteiger partial charge in [0.2, 0.25) is 0 Å². The number of hydrogen-bond donors (Lipinski definition) is 1. The molecule has 13 heavy (non-hydrogen) atoms. The highest BCUT2D eigenvalue weighted by molar-refractivity contribution is 5.30. The van der Waals surface area contributed by atoms with Crippen LogP contribution in [-0.4, -0.2) is 13.1 Å². The summed E-state index contributed by atoms with van der Waals surface area (Å²) in [5.74, 6) is 0.953. The molecule has 1 N–H and O–H groups in total. The summed E-state index contributed by atoms with van der Waals surface area (Å²) in [6, 6.07) is 11.0. The van der Waals surface area contributed by atoms with E-state index in [1.165, 1.54) is 25.9 Å². The third-order valence-electron chi connectivity index (χ3n) is 3.64. The van der Waals surface area contributed by atoms with Gasteiger partial charge in [-0.25, -0.2) is 0 Å². The summed E-state index contributed by atoms with van der Waals surface area (Å²) in [4.78, 5) is 0. The maximum absolute atomic E-state index is 3.52. The van der Waals surface area contributed by atoms with Crippen LogP contribution >= 0.6 is 0 Å². The van der Waals surface area contributed by atoms with E-state index in [-0.39, 0.29) is 0 Å². The Morgan fingerprint density at radius 1 is 1.15 bits per heavy atom. The zero-order valence-electron chi connectivity index (χ0n) is 7.79. The van der Waals surface area contributed by atoms with E-state index in [9.17, 15) is 0 Å². The molecule has 1 nitrogen and oxygen atoms in total. The van der Waals surface area contributed by atoms with Crippen LogP contribution in [0.1, 0.15) is 18.4 Å². The minimum atomic E-state index is 0.504. The molecular weight excluding hydrogens is 158 g/mol. The van der Waals surface area contributed by atoms with Gasteiger partial charge in [0.25, 0.3) is 0 Å². The molecule has 0 atom stereocenters. The second kappa shape index (κ2) is 2.58. The Morgan fingerprint density at radius 2 is 1.92 bits per heavy atom. The summed E-state index contributed by atoms with van der Waals surface area (Å²) in [5, 5.41) is 3.52. The Hall–Kier alpha value is -0.820. The molecule has 2 aliphatic heterocycles. The van der Waals surface area contributed by atoms with Crippen LogP contribution in [0.5, 0.6) is 0 Å². The zero-order chi connectivity index (χ0) is 8.73. The Kier molecular flexibility index (Phi) is 1.50. The van der Waals surface area contributed by atoms with E-state index in [0.717, 1.165) is 5.92 Å². The minimum Gasteiger partial charge on any atom is -0.316 e. The number of fused-ring (bicyclic) bond motifs is 2. The van der Waals surface area contributed by atoms with E-state index >= 15 is 0 Å². The highest BCUT2D eigenvalue weighted by atomic mass is 14.9. The molecule has 0 aromatic heterocycles. The monoisotopic (exact) mass is 173 g/mol. The third-order valence-corrected chi connectivity index (χ3v) is 3.64. The maximum Gasteiger partial charge on any atom is 0.00840 e. The first-order valence-electron chi connectivity index (χ1n) is 5.15. The Balaban J connectivity index is 1.93. The fourth-order valence-electron chi connectivity index (χ4n) is 2.98. The lowest BCUT2D eigenvalue weighted by atomic mass is 9.56. The van der Waals surface area contributed by atoms with E-state index in [2.05, 4.69) is 35.6 Å². The topological polar surface area (TPSA) is 12.0 Å². The van der Waals surface area contributed by atoms with Gasteiger partial charge in [0.05, 0.1) is 0 Å². The molecule has 1 heteroatoms. The van der Waals surface area contributed by atoms with Gasteiger partial charge >= 0.3 is 0 Å². The number of hydrogen-bond acceptors (Lipinski definition) is 1. The molecular formula is C12H15N. The predicted octanol–water partition coefficient (Wildman–Crippen LogP) is 1.94. The molecule has 1 aliphatic carbocycles. The molecule has 4 rings (SSSR count). The van der Waals surface area contributed by atoms with Gasteiger partial charge < -0.3 is 5.32 Å². The normalized spacial score (nSPS) is 36.8. The fourth-order valence-corrected chi connectivity index (χ4v) is 2.98. The Bertz CT molecular complexity index is 293. The summed E-state index contributed by atoms with van der Waals surface area (Å²) in [5.41, 5.74) is 2.04. The van der Waals surface area contributed by atoms with Crippen LogP contribution in [0.3, 0.4) is 0 Å². The van der Waals surface area contributed by atoms with Crippen molar-refractivity contribution in [1.29, 1.82) is 0 Å². The first-order valence-corrected chi connectivity index (χ1v) is 5.15. The van der Waals surface area contributed by atoms with Gasteiger partial charge in [-0.05, 0) is 30.9 Å².